The molecule has 3 heterocycles. The maximum Gasteiger partial charge on any atom is 0.392 e. The third kappa shape index (κ3) is 9.04. The van der Waals surface area contributed by atoms with Gasteiger partial charge in [-0.05, 0) is 118 Å². The zero-order valence-corrected chi connectivity index (χ0v) is 31.1. The fourth-order valence-electron chi connectivity index (χ4n) is 11.3. The highest BCUT2D eigenvalue weighted by Gasteiger charge is 2.49. The summed E-state index contributed by atoms with van der Waals surface area (Å²) in [5.41, 5.74) is 3.45. The summed E-state index contributed by atoms with van der Waals surface area (Å²) in [6.07, 6.45) is 12.5. The lowest BCUT2D eigenvalue weighted by Gasteiger charge is -2.43. The predicted octanol–water partition coefficient (Wildman–Crippen LogP) is 9.51. The Morgan fingerprint density at radius 1 is 1.02 bits per heavy atom. The van der Waals surface area contributed by atoms with Gasteiger partial charge in [-0.2, -0.15) is 13.2 Å². The number of nitrogens with one attached hydrogen (secondary N) is 2. The molecule has 2 bridgehead atoms. The van der Waals surface area contributed by atoms with Crippen molar-refractivity contribution in [3.05, 3.63) is 11.6 Å². The molecule has 278 valence electrons. The van der Waals surface area contributed by atoms with Gasteiger partial charge in [0, 0.05) is 37.1 Å². The van der Waals surface area contributed by atoms with Gasteiger partial charge >= 0.3 is 6.18 Å². The zero-order chi connectivity index (χ0) is 34.7. The molecule has 0 aromatic rings. The Hall–Kier alpha value is -1.25. The van der Waals surface area contributed by atoms with Crippen molar-refractivity contribution in [3.8, 4) is 0 Å². The van der Waals surface area contributed by atoms with Gasteiger partial charge < -0.3 is 15.5 Å². The highest BCUT2D eigenvalue weighted by Crippen LogP contribution is 2.50. The third-order valence-corrected chi connectivity index (χ3v) is 14.6. The fourth-order valence-corrected chi connectivity index (χ4v) is 11.3. The number of ether oxygens (including phenoxy) is 1. The molecule has 10 atom stereocenters. The number of halogens is 3. The van der Waals surface area contributed by atoms with Gasteiger partial charge in [0.25, 0.3) is 0 Å². The van der Waals surface area contributed by atoms with Gasteiger partial charge in [0.05, 0.1) is 31.2 Å². The van der Waals surface area contributed by atoms with Crippen LogP contribution in [0.2, 0.25) is 0 Å². The van der Waals surface area contributed by atoms with Crippen LogP contribution in [-0.2, 0) is 4.74 Å². The van der Waals surface area contributed by atoms with E-state index in [0.29, 0.717) is 36.6 Å². The maximum absolute atomic E-state index is 14.6. The minimum Gasteiger partial charge on any atom is -0.379 e. The van der Waals surface area contributed by atoms with Crippen molar-refractivity contribution in [2.45, 2.75) is 148 Å². The van der Waals surface area contributed by atoms with Crippen LogP contribution in [0.15, 0.2) is 16.6 Å². The van der Waals surface area contributed by atoms with Crippen LogP contribution in [0.5, 0.6) is 0 Å². The van der Waals surface area contributed by atoms with Crippen molar-refractivity contribution in [3.63, 3.8) is 0 Å². The summed E-state index contributed by atoms with van der Waals surface area (Å²) < 4.78 is 49.5. The standard InChI is InChI=1S/C41H67F3N4O/c1-5-28-8-10-29(11-9-28)19-32-14-13-31(22-37(32)41(42,43)44)30(6-2)23-38(45)33-12-7-26(3)36(21-33)40-34-20-35(48-15-17-49-18-16-48)25-46-39(24-34)27(4)47-40/h24,26,28-33,35-37,39-40,45-46H,5-23,25H2,1-4H3. The number of aliphatic imine (C=N–C) groups is 1. The lowest BCUT2D eigenvalue weighted by molar-refractivity contribution is -0.204. The lowest BCUT2D eigenvalue weighted by atomic mass is 9.63. The van der Waals surface area contributed by atoms with Crippen LogP contribution in [-0.4, -0.2) is 73.5 Å². The average molecular weight is 689 g/mol. The summed E-state index contributed by atoms with van der Waals surface area (Å²) in [4.78, 5) is 7.97. The van der Waals surface area contributed by atoms with E-state index in [4.69, 9.17) is 9.73 Å². The summed E-state index contributed by atoms with van der Waals surface area (Å²) in [5, 5.41) is 13.2. The van der Waals surface area contributed by atoms with Crippen molar-refractivity contribution in [1.29, 1.82) is 5.41 Å². The minimum atomic E-state index is -4.12. The first kappa shape index (κ1) is 37.5. The second-order valence-corrected chi connectivity index (χ2v) is 17.4. The second-order valence-electron chi connectivity index (χ2n) is 17.4. The molecule has 2 N–H and O–H groups in total. The number of hydrogen-bond donors (Lipinski definition) is 2. The van der Waals surface area contributed by atoms with E-state index in [2.05, 4.69) is 44.0 Å². The van der Waals surface area contributed by atoms with Crippen molar-refractivity contribution in [1.82, 2.24) is 10.2 Å². The van der Waals surface area contributed by atoms with E-state index in [1.165, 1.54) is 30.5 Å². The van der Waals surface area contributed by atoms with Crippen LogP contribution in [0.25, 0.3) is 0 Å². The van der Waals surface area contributed by atoms with Crippen LogP contribution in [0, 0.1) is 58.7 Å². The highest BCUT2D eigenvalue weighted by molar-refractivity contribution is 5.90. The summed E-state index contributed by atoms with van der Waals surface area (Å²) in [7, 11) is 0. The van der Waals surface area contributed by atoms with E-state index in [0.717, 1.165) is 102 Å². The van der Waals surface area contributed by atoms with Gasteiger partial charge in [-0.25, -0.2) is 0 Å². The zero-order valence-electron chi connectivity index (χ0n) is 31.1. The molecule has 3 aliphatic heterocycles. The van der Waals surface area contributed by atoms with Gasteiger partial charge in [0.2, 0.25) is 0 Å². The summed E-state index contributed by atoms with van der Waals surface area (Å²) >= 11 is 0. The molecular formula is C41H67F3N4O. The molecule has 0 amide bonds. The van der Waals surface area contributed by atoms with Crippen molar-refractivity contribution in [2.24, 2.45) is 58.3 Å². The van der Waals surface area contributed by atoms with E-state index in [-0.39, 0.29) is 42.2 Å². The van der Waals surface area contributed by atoms with E-state index in [1.807, 2.05) is 0 Å². The normalized spacial score (nSPS) is 40.2. The number of alkyl halides is 3. The number of morpholine rings is 1. The van der Waals surface area contributed by atoms with Gasteiger partial charge in [0.1, 0.15) is 0 Å². The van der Waals surface area contributed by atoms with E-state index >= 15 is 0 Å². The fraction of sp³-hybridized carbons (Fsp3) is 0.902. The quantitative estimate of drug-likeness (QED) is 0.178. The number of dihydropyridines is 1. The van der Waals surface area contributed by atoms with E-state index < -0.39 is 12.1 Å². The molecule has 10 unspecified atom stereocenters. The van der Waals surface area contributed by atoms with Crippen LogP contribution in [0.4, 0.5) is 13.2 Å². The van der Waals surface area contributed by atoms with Crippen LogP contribution < -0.4 is 5.32 Å². The molecule has 0 spiro atoms. The smallest absolute Gasteiger partial charge is 0.379 e. The molecule has 3 aliphatic carbocycles. The Kier molecular flexibility index (Phi) is 12.7. The Bertz CT molecular complexity index is 1160. The van der Waals surface area contributed by atoms with Crippen LogP contribution >= 0.6 is 0 Å². The molecule has 6 aliphatic rings. The van der Waals surface area contributed by atoms with Crippen LogP contribution in [0.3, 0.4) is 0 Å². The lowest BCUT2D eigenvalue weighted by Crippen LogP contribution is -2.48. The predicted molar refractivity (Wildman–Crippen MR) is 194 cm³/mol. The van der Waals surface area contributed by atoms with E-state index in [9.17, 15) is 18.6 Å². The number of rotatable bonds is 10. The van der Waals surface area contributed by atoms with E-state index in [1.54, 1.807) is 0 Å². The topological polar surface area (TPSA) is 60.7 Å². The first-order valence-electron chi connectivity index (χ1n) is 20.5. The number of nitrogens with zero attached hydrogens (tertiary/aromatic N) is 2. The van der Waals surface area contributed by atoms with Gasteiger partial charge in [0.15, 0.2) is 0 Å². The minimum absolute atomic E-state index is 0.0747. The highest BCUT2D eigenvalue weighted by atomic mass is 19.4. The Morgan fingerprint density at radius 2 is 1.76 bits per heavy atom. The van der Waals surface area contributed by atoms with Gasteiger partial charge in [-0.15, -0.1) is 0 Å². The van der Waals surface area contributed by atoms with Crippen molar-refractivity contribution in [2.75, 3.05) is 32.8 Å². The van der Waals surface area contributed by atoms with Crippen LogP contribution in [0.1, 0.15) is 124 Å². The molecule has 5 nitrogen and oxygen atoms in total. The summed E-state index contributed by atoms with van der Waals surface area (Å²) in [6, 6.07) is 0.836. The molecule has 4 fully saturated rings. The third-order valence-electron chi connectivity index (χ3n) is 14.6. The SMILES string of the molecule is CCC1CCC(CC2CCC(C(CC)CC(=N)C3CCC(C)C(C4N=C(C)C5C=C4CC(N4CCOCC4)CN5)C3)CC2C(F)(F)F)CC1. The Balaban J connectivity index is 1.08. The Labute approximate surface area is 295 Å². The molecule has 0 aromatic carbocycles. The van der Waals surface area contributed by atoms with Gasteiger partial charge in [-0.1, -0.05) is 65.4 Å². The molecule has 3 saturated carbocycles. The van der Waals surface area contributed by atoms with Crippen molar-refractivity contribution < 1.29 is 17.9 Å². The second kappa shape index (κ2) is 16.6. The van der Waals surface area contributed by atoms with Gasteiger partial charge in [-0.3, -0.25) is 9.89 Å². The van der Waals surface area contributed by atoms with Crippen molar-refractivity contribution >= 4 is 11.4 Å². The first-order valence-corrected chi connectivity index (χ1v) is 20.5. The molecule has 1 saturated heterocycles. The number of fused-ring (bicyclic) bond motifs is 1. The molecule has 0 aromatic heterocycles. The summed E-state index contributed by atoms with van der Waals surface area (Å²) in [5.74, 6) is 1.29. The molecule has 8 heteroatoms. The molecular weight excluding hydrogens is 621 g/mol. The Morgan fingerprint density at radius 3 is 2.45 bits per heavy atom. The first-order chi connectivity index (χ1) is 23.5. The maximum atomic E-state index is 14.6. The largest absolute Gasteiger partial charge is 0.392 e. The molecule has 6 rings (SSSR count). The molecule has 49 heavy (non-hydrogen) atoms. The number of hydrogen-bond acceptors (Lipinski definition) is 5. The monoisotopic (exact) mass is 689 g/mol. The molecule has 0 radical (unpaired) electrons. The average Bonchev–Trinajstić information content (AvgIpc) is 3.30. The summed E-state index contributed by atoms with van der Waals surface area (Å²) in [6.45, 7) is 13.5.